The van der Waals surface area contributed by atoms with Crippen molar-refractivity contribution < 1.29 is 23.1 Å². The lowest BCUT2D eigenvalue weighted by molar-refractivity contribution is 0.0196. The third kappa shape index (κ3) is 5.87. The highest BCUT2D eigenvalue weighted by molar-refractivity contribution is 6.10. The lowest BCUT2D eigenvalue weighted by atomic mass is 10.0. The Balaban J connectivity index is 1.29. The number of hydrogen-bond donors (Lipinski definition) is 0. The quantitative estimate of drug-likeness (QED) is 0.217. The second-order valence-corrected chi connectivity index (χ2v) is 12.3. The topological polar surface area (TPSA) is 132 Å². The van der Waals surface area contributed by atoms with E-state index in [1.807, 2.05) is 24.3 Å². The predicted octanol–water partition coefficient (Wildman–Crippen LogP) is 6.20. The zero-order chi connectivity index (χ0) is 32.7. The van der Waals surface area contributed by atoms with Gasteiger partial charge in [-0.05, 0) is 87.5 Å². The first-order valence-corrected chi connectivity index (χ1v) is 15.2. The van der Waals surface area contributed by atoms with Crippen LogP contribution in [0.4, 0.5) is 15.0 Å². The molecule has 6 aromatic rings. The summed E-state index contributed by atoms with van der Waals surface area (Å²) in [6.07, 6.45) is 6.98. The number of aromatic nitrogens is 6. The monoisotopic (exact) mass is 634 g/mol. The summed E-state index contributed by atoms with van der Waals surface area (Å²) < 4.78 is 28.5. The van der Waals surface area contributed by atoms with E-state index in [-0.39, 0.29) is 12.1 Å². The van der Waals surface area contributed by atoms with Gasteiger partial charge in [0.05, 0.1) is 23.5 Å². The summed E-state index contributed by atoms with van der Waals surface area (Å²) in [6.45, 7) is 6.07. The Kier molecular flexibility index (Phi) is 7.58. The van der Waals surface area contributed by atoms with Gasteiger partial charge in [0.1, 0.15) is 29.0 Å². The van der Waals surface area contributed by atoms with Crippen molar-refractivity contribution in [2.24, 2.45) is 0 Å². The number of amides is 2. The number of fused-ring (bicyclic) bond motifs is 2. The molecule has 0 bridgehead atoms. The van der Waals surface area contributed by atoms with E-state index in [0.717, 1.165) is 10.9 Å². The van der Waals surface area contributed by atoms with Crippen LogP contribution in [-0.4, -0.2) is 71.6 Å². The van der Waals surface area contributed by atoms with Crippen molar-refractivity contribution in [2.75, 3.05) is 18.0 Å². The molecule has 1 fully saturated rings. The number of likely N-dealkylation sites (tertiary alicyclic amines) is 1. The van der Waals surface area contributed by atoms with E-state index in [2.05, 4.69) is 25.3 Å². The highest BCUT2D eigenvalue weighted by Gasteiger charge is 2.36. The second-order valence-electron chi connectivity index (χ2n) is 12.3. The fourth-order valence-electron chi connectivity index (χ4n) is 5.82. The summed E-state index contributed by atoms with van der Waals surface area (Å²) in [7, 11) is 0. The van der Waals surface area contributed by atoms with Crippen molar-refractivity contribution in [1.29, 1.82) is 0 Å². The van der Waals surface area contributed by atoms with Gasteiger partial charge >= 0.3 is 6.09 Å². The van der Waals surface area contributed by atoms with Crippen molar-refractivity contribution in [2.45, 2.75) is 45.3 Å². The Labute approximate surface area is 268 Å². The number of pyridine rings is 2. The van der Waals surface area contributed by atoms with E-state index in [1.54, 1.807) is 62.5 Å². The highest BCUT2D eigenvalue weighted by atomic mass is 19.1. The van der Waals surface area contributed by atoms with Crippen LogP contribution >= 0.6 is 0 Å². The molecule has 1 atom stereocenters. The van der Waals surface area contributed by atoms with E-state index in [4.69, 9.17) is 9.15 Å². The summed E-state index contributed by atoms with van der Waals surface area (Å²) in [5.74, 6) is -0.541. The Bertz CT molecular complexity index is 2110. The minimum atomic E-state index is -0.747. The van der Waals surface area contributed by atoms with Gasteiger partial charge in [0, 0.05) is 42.5 Å². The third-order valence-corrected chi connectivity index (χ3v) is 7.92. The summed E-state index contributed by atoms with van der Waals surface area (Å²) in [5, 5.41) is 9.67. The van der Waals surface area contributed by atoms with Gasteiger partial charge in [0.25, 0.3) is 5.91 Å². The zero-order valence-corrected chi connectivity index (χ0v) is 26.0. The van der Waals surface area contributed by atoms with Crippen LogP contribution < -0.4 is 4.90 Å². The number of anilines is 1. The molecule has 12 nitrogen and oxygen atoms in total. The Morgan fingerprint density at radius 3 is 2.68 bits per heavy atom. The van der Waals surface area contributed by atoms with Crippen LogP contribution in [0.3, 0.4) is 0 Å². The van der Waals surface area contributed by atoms with E-state index in [1.165, 1.54) is 28.0 Å². The van der Waals surface area contributed by atoms with Crippen LogP contribution in [0, 0.1) is 5.82 Å². The van der Waals surface area contributed by atoms with Crippen LogP contribution in [0.1, 0.15) is 44.0 Å². The number of benzene rings is 2. The smallest absolute Gasteiger partial charge is 0.410 e. The molecule has 7 rings (SSSR count). The standard InChI is InChI=1S/C34H31FN8O4/c1-34(2,3)47-33(45)41-16-5-6-24(20-41)42(29-25-10-8-22(31-38-15-17-46-31)18-21(25)12-14-37-29)32(44)26-11-9-23(19-27(26)35)43-30-28(39-40-43)7-4-13-36-30/h4,7-15,17-19,24H,5-6,16,20H2,1-3H3/t24-/m1/s1. The van der Waals surface area contributed by atoms with Crippen molar-refractivity contribution in [3.63, 3.8) is 0 Å². The SMILES string of the molecule is CC(C)(C)OC(=O)N1CCC[C@@H](N(C(=O)c2ccc(-n3nnc4cccnc43)cc2F)c2nccc3cc(-c4ncco4)ccc23)C1. The molecule has 0 spiro atoms. The van der Waals surface area contributed by atoms with Gasteiger partial charge in [-0.25, -0.2) is 24.1 Å². The number of halogens is 1. The van der Waals surface area contributed by atoms with Crippen LogP contribution in [0.25, 0.3) is 39.1 Å². The Morgan fingerprint density at radius 2 is 1.89 bits per heavy atom. The first kappa shape index (κ1) is 30.0. The molecule has 1 aliphatic rings. The average molecular weight is 635 g/mol. The van der Waals surface area contributed by atoms with Gasteiger partial charge in [-0.15, -0.1) is 5.10 Å². The maximum Gasteiger partial charge on any atom is 0.410 e. The van der Waals surface area contributed by atoms with Crippen molar-refractivity contribution in [3.05, 3.63) is 90.8 Å². The Hall–Kier alpha value is -5.72. The minimum absolute atomic E-state index is 0.157. The normalized spacial score (nSPS) is 15.2. The van der Waals surface area contributed by atoms with E-state index < -0.39 is 29.5 Å². The van der Waals surface area contributed by atoms with Crippen LogP contribution in [0.2, 0.25) is 0 Å². The zero-order valence-electron chi connectivity index (χ0n) is 26.0. The maximum atomic E-state index is 16.0. The van der Waals surface area contributed by atoms with Crippen LogP contribution in [0.15, 0.2) is 83.9 Å². The number of carbonyl (C=O) groups is 2. The molecule has 0 aliphatic carbocycles. The maximum absolute atomic E-state index is 16.0. The average Bonchev–Trinajstić information content (AvgIpc) is 3.75. The van der Waals surface area contributed by atoms with Gasteiger partial charge in [-0.2, -0.15) is 4.68 Å². The summed E-state index contributed by atoms with van der Waals surface area (Å²) in [5.41, 5.74) is 1.29. The second kappa shape index (κ2) is 11.9. The molecular weight excluding hydrogens is 603 g/mol. The van der Waals surface area contributed by atoms with Crippen molar-refractivity contribution in [3.8, 4) is 17.1 Å². The lowest BCUT2D eigenvalue weighted by Gasteiger charge is -2.39. The lowest BCUT2D eigenvalue weighted by Crippen LogP contribution is -2.53. The molecule has 0 N–H and O–H groups in total. The van der Waals surface area contributed by atoms with Gasteiger partial charge in [0.2, 0.25) is 5.89 Å². The highest BCUT2D eigenvalue weighted by Crippen LogP contribution is 2.33. The van der Waals surface area contributed by atoms with E-state index in [0.29, 0.717) is 53.3 Å². The molecule has 0 saturated carbocycles. The van der Waals surface area contributed by atoms with Gasteiger partial charge < -0.3 is 14.1 Å². The first-order chi connectivity index (χ1) is 22.7. The molecule has 0 unspecified atom stereocenters. The number of oxazole rings is 1. The van der Waals surface area contributed by atoms with E-state index in [9.17, 15) is 9.59 Å². The van der Waals surface area contributed by atoms with Crippen molar-refractivity contribution >= 4 is 39.8 Å². The molecule has 4 aromatic heterocycles. The first-order valence-electron chi connectivity index (χ1n) is 15.2. The van der Waals surface area contributed by atoms with Gasteiger partial charge in [-0.1, -0.05) is 5.21 Å². The van der Waals surface area contributed by atoms with Crippen molar-refractivity contribution in [1.82, 2.24) is 34.8 Å². The fourth-order valence-corrected chi connectivity index (χ4v) is 5.82. The molecular formula is C34H31FN8O4. The fraction of sp³-hybridized carbons (Fsp3) is 0.265. The minimum Gasteiger partial charge on any atom is -0.445 e. The molecule has 5 heterocycles. The number of ether oxygens (including phenoxy) is 1. The number of nitrogens with zero attached hydrogens (tertiary/aromatic N) is 8. The summed E-state index contributed by atoms with van der Waals surface area (Å²) >= 11 is 0. The molecule has 47 heavy (non-hydrogen) atoms. The van der Waals surface area contributed by atoms with Gasteiger partial charge in [-0.3, -0.25) is 9.69 Å². The summed E-state index contributed by atoms with van der Waals surface area (Å²) in [6, 6.07) is 14.6. The van der Waals surface area contributed by atoms with Gasteiger partial charge in [0.15, 0.2) is 5.65 Å². The molecule has 1 aliphatic heterocycles. The molecule has 238 valence electrons. The Morgan fingerprint density at radius 1 is 1.02 bits per heavy atom. The number of piperidine rings is 1. The van der Waals surface area contributed by atoms with E-state index >= 15 is 4.39 Å². The molecule has 0 radical (unpaired) electrons. The number of hydrogen-bond acceptors (Lipinski definition) is 9. The largest absolute Gasteiger partial charge is 0.445 e. The molecule has 13 heteroatoms. The number of rotatable bonds is 5. The molecule has 1 saturated heterocycles. The molecule has 2 amide bonds. The summed E-state index contributed by atoms with van der Waals surface area (Å²) in [4.78, 5) is 43.9. The third-order valence-electron chi connectivity index (χ3n) is 7.92. The van der Waals surface area contributed by atoms with Crippen LogP contribution in [-0.2, 0) is 4.74 Å². The molecule has 2 aromatic carbocycles. The number of carbonyl (C=O) groups excluding carboxylic acids is 2. The predicted molar refractivity (Wildman–Crippen MR) is 171 cm³/mol. The van der Waals surface area contributed by atoms with Crippen LogP contribution in [0.5, 0.6) is 0 Å².